The fraction of sp³-hybridized carbons (Fsp3) is 0.625. The van der Waals surface area contributed by atoms with Crippen LogP contribution < -0.4 is 5.32 Å². The minimum Gasteiger partial charge on any atom is -0.447 e. The van der Waals surface area contributed by atoms with Crippen molar-refractivity contribution in [2.75, 3.05) is 6.61 Å². The van der Waals surface area contributed by atoms with Crippen LogP contribution in [0.15, 0.2) is 12.2 Å². The summed E-state index contributed by atoms with van der Waals surface area (Å²) in [7, 11) is 0. The van der Waals surface area contributed by atoms with Gasteiger partial charge in [0, 0.05) is 0 Å². The van der Waals surface area contributed by atoms with Gasteiger partial charge in [0.2, 0.25) is 0 Å². The molecule has 0 bridgehead atoms. The van der Waals surface area contributed by atoms with Gasteiger partial charge in [0.15, 0.2) is 0 Å². The first-order chi connectivity index (χ1) is 5.33. The zero-order valence-electron chi connectivity index (χ0n) is 6.67. The van der Waals surface area contributed by atoms with Gasteiger partial charge in [-0.3, -0.25) is 0 Å². The third-order valence-corrected chi connectivity index (χ3v) is 1.52. The summed E-state index contributed by atoms with van der Waals surface area (Å²) in [6.45, 7) is 2.59. The van der Waals surface area contributed by atoms with Crippen molar-refractivity contribution in [1.29, 1.82) is 0 Å². The second-order valence-corrected chi connectivity index (χ2v) is 2.57. The van der Waals surface area contributed by atoms with Crippen LogP contribution in [-0.2, 0) is 4.74 Å². The number of cyclic esters (lactones) is 1. The van der Waals surface area contributed by atoms with Crippen molar-refractivity contribution in [3.8, 4) is 0 Å². The molecule has 1 saturated heterocycles. The maximum atomic E-state index is 10.5. The second-order valence-electron chi connectivity index (χ2n) is 2.57. The van der Waals surface area contributed by atoms with Crippen molar-refractivity contribution in [2.24, 2.45) is 0 Å². The van der Waals surface area contributed by atoms with E-state index in [2.05, 4.69) is 18.3 Å². The van der Waals surface area contributed by atoms with E-state index in [9.17, 15) is 4.79 Å². The van der Waals surface area contributed by atoms with Crippen molar-refractivity contribution in [3.05, 3.63) is 12.2 Å². The quantitative estimate of drug-likeness (QED) is 0.626. The molecule has 62 valence electrons. The zero-order chi connectivity index (χ0) is 8.10. The molecule has 0 aromatic carbocycles. The molecule has 0 radical (unpaired) electrons. The van der Waals surface area contributed by atoms with Crippen molar-refractivity contribution < 1.29 is 9.53 Å². The third kappa shape index (κ3) is 2.62. The van der Waals surface area contributed by atoms with Gasteiger partial charge in [-0.25, -0.2) is 4.79 Å². The van der Waals surface area contributed by atoms with Crippen molar-refractivity contribution in [1.82, 2.24) is 5.32 Å². The topological polar surface area (TPSA) is 38.3 Å². The molecule has 0 aromatic rings. The summed E-state index contributed by atoms with van der Waals surface area (Å²) < 4.78 is 4.69. The Morgan fingerprint density at radius 3 is 3.18 bits per heavy atom. The van der Waals surface area contributed by atoms with Gasteiger partial charge < -0.3 is 10.1 Å². The predicted octanol–water partition coefficient (Wildman–Crippen LogP) is 1.45. The van der Waals surface area contributed by atoms with Gasteiger partial charge in [0.25, 0.3) is 0 Å². The lowest BCUT2D eigenvalue weighted by molar-refractivity contribution is 0.177. The number of alkyl carbamates (subject to hydrolysis) is 1. The van der Waals surface area contributed by atoms with Crippen LogP contribution in [-0.4, -0.2) is 18.7 Å². The molecule has 1 aliphatic rings. The maximum absolute atomic E-state index is 10.5. The molecule has 0 saturated carbocycles. The SMILES string of the molecule is CCC/C=C/C1COC(=O)N1. The molecule has 1 rings (SSSR count). The predicted molar refractivity (Wildman–Crippen MR) is 42.3 cm³/mol. The van der Waals surface area contributed by atoms with Gasteiger partial charge >= 0.3 is 6.09 Å². The minimum absolute atomic E-state index is 0.0917. The normalized spacial score (nSPS) is 23.7. The highest BCUT2D eigenvalue weighted by Gasteiger charge is 2.18. The largest absolute Gasteiger partial charge is 0.447 e. The van der Waals surface area contributed by atoms with E-state index in [1.165, 1.54) is 0 Å². The summed E-state index contributed by atoms with van der Waals surface area (Å²) in [6, 6.07) is 0.0917. The van der Waals surface area contributed by atoms with Gasteiger partial charge in [-0.1, -0.05) is 25.5 Å². The van der Waals surface area contributed by atoms with E-state index in [1.54, 1.807) is 0 Å². The molecule has 11 heavy (non-hydrogen) atoms. The Morgan fingerprint density at radius 1 is 1.82 bits per heavy atom. The Morgan fingerprint density at radius 2 is 2.64 bits per heavy atom. The summed E-state index contributed by atoms with van der Waals surface area (Å²) in [5.74, 6) is 0. The van der Waals surface area contributed by atoms with E-state index in [4.69, 9.17) is 4.74 Å². The lowest BCUT2D eigenvalue weighted by Gasteiger charge is -1.96. The summed E-state index contributed by atoms with van der Waals surface area (Å²) >= 11 is 0. The van der Waals surface area contributed by atoms with Crippen LogP contribution in [0.3, 0.4) is 0 Å². The molecule has 3 nitrogen and oxygen atoms in total. The molecular weight excluding hydrogens is 142 g/mol. The van der Waals surface area contributed by atoms with E-state index < -0.39 is 0 Å². The number of hydrogen-bond donors (Lipinski definition) is 1. The summed E-state index contributed by atoms with van der Waals surface area (Å²) in [5.41, 5.74) is 0. The fourth-order valence-electron chi connectivity index (χ4n) is 0.931. The van der Waals surface area contributed by atoms with E-state index >= 15 is 0 Å². The summed E-state index contributed by atoms with van der Waals surface area (Å²) in [6.07, 6.45) is 5.94. The monoisotopic (exact) mass is 155 g/mol. The van der Waals surface area contributed by atoms with Crippen molar-refractivity contribution >= 4 is 6.09 Å². The Bertz CT molecular complexity index is 165. The molecule has 0 spiro atoms. The van der Waals surface area contributed by atoms with Gasteiger partial charge in [-0.15, -0.1) is 0 Å². The van der Waals surface area contributed by atoms with Crippen LogP contribution in [0.25, 0.3) is 0 Å². The van der Waals surface area contributed by atoms with Crippen molar-refractivity contribution in [3.63, 3.8) is 0 Å². The second kappa shape index (κ2) is 4.01. The van der Waals surface area contributed by atoms with Crippen LogP contribution in [0.5, 0.6) is 0 Å². The molecule has 1 N–H and O–H groups in total. The van der Waals surface area contributed by atoms with Crippen LogP contribution in [0, 0.1) is 0 Å². The molecule has 1 amide bonds. The third-order valence-electron chi connectivity index (χ3n) is 1.52. The first kappa shape index (κ1) is 8.11. The smallest absolute Gasteiger partial charge is 0.407 e. The standard InChI is InChI=1S/C8H13NO2/c1-2-3-4-5-7-6-11-8(10)9-7/h4-5,7H,2-3,6H2,1H3,(H,9,10)/b5-4+. The number of unbranched alkanes of at least 4 members (excludes halogenated alkanes) is 1. The highest BCUT2D eigenvalue weighted by atomic mass is 16.6. The average Bonchev–Trinajstić information content (AvgIpc) is 2.37. The van der Waals surface area contributed by atoms with Crippen molar-refractivity contribution in [2.45, 2.75) is 25.8 Å². The lowest BCUT2D eigenvalue weighted by Crippen LogP contribution is -2.23. The number of hydrogen-bond acceptors (Lipinski definition) is 2. The van der Waals surface area contributed by atoms with E-state index in [0.717, 1.165) is 12.8 Å². The minimum atomic E-state index is -0.309. The van der Waals surface area contributed by atoms with Crippen LogP contribution in [0.4, 0.5) is 4.79 Å². The first-order valence-corrected chi connectivity index (χ1v) is 3.93. The highest BCUT2D eigenvalue weighted by Crippen LogP contribution is 2.00. The number of carbonyl (C=O) groups is 1. The maximum Gasteiger partial charge on any atom is 0.407 e. The molecule has 1 fully saturated rings. The van der Waals surface area contributed by atoms with E-state index in [0.29, 0.717) is 6.61 Å². The average molecular weight is 155 g/mol. The molecule has 1 unspecified atom stereocenters. The number of ether oxygens (including phenoxy) is 1. The van der Waals surface area contributed by atoms with Gasteiger partial charge in [0.1, 0.15) is 6.61 Å². The summed E-state index contributed by atoms with van der Waals surface area (Å²) in [4.78, 5) is 10.5. The molecule has 0 aromatic heterocycles. The van der Waals surface area contributed by atoms with Crippen LogP contribution in [0.2, 0.25) is 0 Å². The first-order valence-electron chi connectivity index (χ1n) is 3.93. The molecule has 1 atom stereocenters. The Labute approximate surface area is 66.4 Å². The van der Waals surface area contributed by atoms with Gasteiger partial charge in [-0.2, -0.15) is 0 Å². The Balaban J connectivity index is 2.22. The number of carbonyl (C=O) groups excluding carboxylic acids is 1. The molecule has 1 heterocycles. The van der Waals surface area contributed by atoms with Gasteiger partial charge in [0.05, 0.1) is 6.04 Å². The molecule has 1 aliphatic heterocycles. The summed E-state index contributed by atoms with van der Waals surface area (Å²) in [5, 5.41) is 2.66. The number of rotatable bonds is 3. The Hall–Kier alpha value is -0.990. The molecular formula is C8H13NO2. The fourth-order valence-corrected chi connectivity index (χ4v) is 0.931. The zero-order valence-corrected chi connectivity index (χ0v) is 6.67. The number of amides is 1. The van der Waals surface area contributed by atoms with Gasteiger partial charge in [-0.05, 0) is 6.42 Å². The molecule has 3 heteroatoms. The molecule has 0 aliphatic carbocycles. The van der Waals surface area contributed by atoms with E-state index in [-0.39, 0.29) is 12.1 Å². The Kier molecular flexibility index (Phi) is 2.95. The van der Waals surface area contributed by atoms with Crippen LogP contribution in [0.1, 0.15) is 19.8 Å². The lowest BCUT2D eigenvalue weighted by atomic mass is 10.2. The number of allylic oxidation sites excluding steroid dienone is 1. The van der Waals surface area contributed by atoms with E-state index in [1.807, 2.05) is 6.08 Å². The van der Waals surface area contributed by atoms with Crippen LogP contribution >= 0.6 is 0 Å². The number of nitrogens with one attached hydrogen (secondary N) is 1. The highest BCUT2D eigenvalue weighted by molar-refractivity contribution is 5.70.